The molecule has 0 radical (unpaired) electrons. The second-order valence-corrected chi connectivity index (χ2v) is 24.0. The summed E-state index contributed by atoms with van der Waals surface area (Å²) in [5.74, 6) is 45.7. The third-order valence-electron chi connectivity index (χ3n) is 9.34. The number of methoxy groups -OCH3 is 3. The van der Waals surface area contributed by atoms with Gasteiger partial charge in [-0.3, -0.25) is 0 Å². The van der Waals surface area contributed by atoms with Crippen molar-refractivity contribution in [1.82, 2.24) is 0 Å². The molecule has 4 aromatic carbocycles. The molecule has 0 aliphatic heterocycles. The van der Waals surface area contributed by atoms with E-state index >= 15 is 0 Å². The maximum absolute atomic E-state index is 12.1. The molecule has 0 bridgehead atoms. The van der Waals surface area contributed by atoms with Crippen molar-refractivity contribution >= 4 is 14.0 Å². The van der Waals surface area contributed by atoms with E-state index in [0.29, 0.717) is 35.1 Å². The molecule has 0 aliphatic carbocycles. The van der Waals surface area contributed by atoms with Gasteiger partial charge in [-0.1, -0.05) is 149 Å². The minimum atomic E-state index is -4.32. The van der Waals surface area contributed by atoms with Gasteiger partial charge in [0.25, 0.3) is 0 Å². The molecule has 15 nitrogen and oxygen atoms in total. The van der Waals surface area contributed by atoms with Crippen molar-refractivity contribution in [3.8, 4) is 118 Å². The molecule has 0 aromatic heterocycles. The summed E-state index contributed by atoms with van der Waals surface area (Å²) in [6.07, 6.45) is -2.57. The van der Waals surface area contributed by atoms with E-state index in [2.05, 4.69) is 149 Å². The van der Waals surface area contributed by atoms with Gasteiger partial charge in [-0.05, 0) is 130 Å². The summed E-state index contributed by atoms with van der Waals surface area (Å²) >= 11 is 0. The number of carbonyl (C=O) groups excluding carboxylic acids is 1. The second kappa shape index (κ2) is 64.8. The fraction of sp³-hybridized carbons (Fsp3) is 0.405. The average Bonchev–Trinajstić information content (AvgIpc) is 1.86. The molecular formula is C74H92F3NO14Si. The van der Waals surface area contributed by atoms with Crippen LogP contribution >= 0.6 is 0 Å². The van der Waals surface area contributed by atoms with E-state index < -0.39 is 32.0 Å². The van der Waals surface area contributed by atoms with Crippen LogP contribution in [0.15, 0.2) is 97.1 Å². The lowest BCUT2D eigenvalue weighted by molar-refractivity contribution is -0.137. The Morgan fingerprint density at radius 2 is 0.946 bits per heavy atom. The molecule has 93 heavy (non-hydrogen) atoms. The molecule has 2 unspecified atom stereocenters. The Kier molecular flexibility index (Phi) is 64.7. The Morgan fingerprint density at radius 3 is 1.26 bits per heavy atom. The number of esters is 1. The largest absolute Gasteiger partial charge is 0.497 e. The number of nitriles is 1. The summed E-state index contributed by atoms with van der Waals surface area (Å²) in [5, 5.41) is 84.6. The molecule has 0 amide bonds. The van der Waals surface area contributed by atoms with E-state index in [1.165, 1.54) is 19.2 Å². The van der Waals surface area contributed by atoms with Gasteiger partial charge >= 0.3 is 12.1 Å². The lowest BCUT2D eigenvalue weighted by Gasteiger charge is -2.05. The number of ether oxygens (including phenoxy) is 4. The quantitative estimate of drug-likeness (QED) is 0.0250. The van der Waals surface area contributed by atoms with Crippen molar-refractivity contribution in [3.63, 3.8) is 0 Å². The first kappa shape index (κ1) is 93.0. The van der Waals surface area contributed by atoms with Crippen LogP contribution in [0.25, 0.3) is 0 Å². The van der Waals surface area contributed by atoms with Crippen molar-refractivity contribution in [1.29, 1.82) is 5.26 Å². The first-order valence-corrected chi connectivity index (χ1v) is 32.2. The normalized spacial score (nSPS) is 9.53. The Balaban J connectivity index is -0.000000316. The number of aliphatic hydroxyl groups excluding tert-OH is 9. The summed E-state index contributed by atoms with van der Waals surface area (Å²) in [6, 6.07) is 27.4. The number of nitrogens with zero attached hydrogens (tertiary/aromatic N) is 1. The van der Waals surface area contributed by atoms with Crippen LogP contribution in [0, 0.1) is 129 Å². The Labute approximate surface area is 552 Å². The SMILES string of the molecule is CC#CC(O)CC(C)C.CC#CC(O)CCC.CC(C)C#CCO.COC(=O)c1ccc(C#CCO)cc1.COCOCC#CCO.COc1ccc(C#CCO)cc1.C[Si](C)(C)C#CCO.N#Cc1ccc(C#CCO)cc1.OCC#Cc1ccc(C(F)(F)F)cc1. The van der Waals surface area contributed by atoms with Crippen LogP contribution < -0.4 is 4.74 Å². The molecular weight excluding hydrogens is 1210 g/mol. The minimum absolute atomic E-state index is 0.00424. The molecule has 0 saturated heterocycles. The maximum atomic E-state index is 12.1. The molecule has 19 heteroatoms. The highest BCUT2D eigenvalue weighted by atomic mass is 28.3. The molecule has 0 aliphatic rings. The molecule has 0 spiro atoms. The van der Waals surface area contributed by atoms with Gasteiger partial charge in [-0.15, -0.1) is 17.4 Å². The molecule has 2 atom stereocenters. The van der Waals surface area contributed by atoms with Crippen LogP contribution in [-0.2, 0) is 20.4 Å². The van der Waals surface area contributed by atoms with Crippen molar-refractivity contribution in [3.05, 3.63) is 136 Å². The molecule has 4 rings (SSSR count). The monoisotopic (exact) mass is 1300 g/mol. The van der Waals surface area contributed by atoms with Gasteiger partial charge in [0.1, 0.15) is 85.7 Å². The van der Waals surface area contributed by atoms with Crippen molar-refractivity contribution < 1.29 is 82.9 Å². The van der Waals surface area contributed by atoms with Crippen LogP contribution in [-0.4, -0.2) is 153 Å². The van der Waals surface area contributed by atoms with Crippen molar-refractivity contribution in [2.45, 2.75) is 106 Å². The number of aliphatic hydroxyl groups is 9. The summed E-state index contributed by atoms with van der Waals surface area (Å²) in [5.41, 5.74) is 6.31. The molecule has 502 valence electrons. The van der Waals surface area contributed by atoms with Crippen molar-refractivity contribution in [2.24, 2.45) is 11.8 Å². The van der Waals surface area contributed by atoms with Crippen molar-refractivity contribution in [2.75, 3.05) is 81.0 Å². The van der Waals surface area contributed by atoms with Crippen LogP contribution in [0.3, 0.4) is 0 Å². The van der Waals surface area contributed by atoms with E-state index in [-0.39, 0.29) is 59.0 Å². The minimum Gasteiger partial charge on any atom is -0.497 e. The lowest BCUT2D eigenvalue weighted by Crippen LogP contribution is -2.16. The number of benzene rings is 4. The number of halogens is 3. The number of carbonyl (C=O) groups is 1. The van der Waals surface area contributed by atoms with Gasteiger partial charge < -0.3 is 64.9 Å². The van der Waals surface area contributed by atoms with E-state index in [1.54, 1.807) is 76.6 Å². The van der Waals surface area contributed by atoms with Gasteiger partial charge in [0.15, 0.2) is 0 Å². The molecule has 4 aromatic rings. The Bertz CT molecular complexity index is 3220. The highest BCUT2D eigenvalue weighted by Crippen LogP contribution is 2.29. The molecule has 0 fully saturated rings. The molecule has 0 saturated carbocycles. The number of alkyl halides is 3. The number of hydrogen-bond donors (Lipinski definition) is 9. The molecule has 9 N–H and O–H groups in total. The van der Waals surface area contributed by atoms with Crippen LogP contribution in [0.1, 0.15) is 111 Å². The third-order valence-corrected chi connectivity index (χ3v) is 10.3. The highest BCUT2D eigenvalue weighted by molar-refractivity contribution is 6.83. The van der Waals surface area contributed by atoms with Crippen LogP contribution in [0.4, 0.5) is 13.2 Å². The van der Waals surface area contributed by atoms with E-state index in [4.69, 9.17) is 60.7 Å². The Morgan fingerprint density at radius 1 is 0.548 bits per heavy atom. The van der Waals surface area contributed by atoms with Crippen LogP contribution in [0.5, 0.6) is 5.75 Å². The fourth-order valence-corrected chi connectivity index (χ4v) is 6.05. The summed E-state index contributed by atoms with van der Waals surface area (Å²) < 4.78 is 55.2. The topological polar surface area (TPSA) is 260 Å². The predicted octanol–water partition coefficient (Wildman–Crippen LogP) is 8.49. The van der Waals surface area contributed by atoms with Gasteiger partial charge in [-0.2, -0.15) is 18.4 Å². The third kappa shape index (κ3) is 66.0. The maximum Gasteiger partial charge on any atom is 0.416 e. The first-order chi connectivity index (χ1) is 44.3. The smallest absolute Gasteiger partial charge is 0.416 e. The molecule has 0 heterocycles. The zero-order chi connectivity index (χ0) is 71.6. The summed E-state index contributed by atoms with van der Waals surface area (Å²) in [7, 11) is 3.30. The summed E-state index contributed by atoms with van der Waals surface area (Å²) in [4.78, 5) is 11.0. The van der Waals surface area contributed by atoms with Gasteiger partial charge in [0.2, 0.25) is 0 Å². The predicted molar refractivity (Wildman–Crippen MR) is 363 cm³/mol. The second-order valence-electron chi connectivity index (χ2n) is 19.3. The summed E-state index contributed by atoms with van der Waals surface area (Å²) in [6.45, 7) is 19.8. The van der Waals surface area contributed by atoms with E-state index in [1.807, 2.05) is 51.1 Å². The number of hydrogen-bond acceptors (Lipinski definition) is 15. The first-order valence-electron chi connectivity index (χ1n) is 28.7. The highest BCUT2D eigenvalue weighted by Gasteiger charge is 2.29. The van der Waals surface area contributed by atoms with E-state index in [0.717, 1.165) is 53.8 Å². The average molecular weight is 1300 g/mol. The zero-order valence-electron chi connectivity index (χ0n) is 55.7. The van der Waals surface area contributed by atoms with Crippen LogP contribution in [0.2, 0.25) is 19.6 Å². The van der Waals surface area contributed by atoms with Gasteiger partial charge in [-0.25, -0.2) is 4.79 Å². The lowest BCUT2D eigenvalue weighted by atomic mass is 10.1. The van der Waals surface area contributed by atoms with Gasteiger partial charge in [0.05, 0.1) is 37.0 Å². The number of rotatable bonds is 9. The zero-order valence-corrected chi connectivity index (χ0v) is 56.7. The van der Waals surface area contributed by atoms with E-state index in [9.17, 15) is 18.0 Å². The van der Waals surface area contributed by atoms with Gasteiger partial charge in [0, 0.05) is 35.3 Å². The Hall–Kier alpha value is -8.75. The fourth-order valence-electron chi connectivity index (χ4n) is 5.44. The standard InChI is InChI=1S/C11H10O3.C10H7F3O.C10H7NO.C10H10O2.C8H14O.C7H12O.C6H10O3.C6H12OSi.C6H10O/c1-14-11(13)10-6-4-9(5-7-10)3-2-8-12;11-10(12,13)9-5-3-8(4-6-9)2-1-7-14;11-8-10-5-3-9(4-6-10)2-1-7-12;1-12-10-6-4-9(5-7-10)3-2-8-11;1-4-5-8(9)6-7(2)3;1-3-5-7(8)6-4-2;1-8-6-9-5-3-2-4-7;1-8(2,3)6-4-5-7;1-6(2)4-3-5-7/h4-7,12H,8H2,1H3;3-6,14H,7H2;3-6,12H,7H2;4-7,11H,8H2,1H3;7-9H,6H2,1-3H3;7-8H,3,5H2,1-2H3;7H,4-6H2,1H3;7H,5H2,1-3H3;6-7H,5H2,1-2H3.